The third-order valence-electron chi connectivity index (χ3n) is 2.08. The van der Waals surface area contributed by atoms with Crippen LogP contribution in [-0.2, 0) is 0 Å². The number of hydrogen-bond acceptors (Lipinski definition) is 2. The van der Waals surface area contributed by atoms with Gasteiger partial charge in [0.25, 0.3) is 0 Å². The molecule has 0 aliphatic rings. The first-order valence-electron chi connectivity index (χ1n) is 5.55. The zero-order chi connectivity index (χ0) is 12.3. The fourth-order valence-electron chi connectivity index (χ4n) is 1.28. The Morgan fingerprint density at radius 2 is 1.82 bits per heavy atom. The van der Waals surface area contributed by atoms with Crippen molar-refractivity contribution in [3.8, 4) is 17.2 Å². The molecule has 0 aliphatic heterocycles. The van der Waals surface area contributed by atoms with Crippen molar-refractivity contribution >= 4 is 8.07 Å². The highest BCUT2D eigenvalue weighted by molar-refractivity contribution is 6.83. The summed E-state index contributed by atoms with van der Waals surface area (Å²) in [7, 11) is -1.35. The van der Waals surface area contributed by atoms with E-state index in [1.54, 1.807) is 4.68 Å². The van der Waals surface area contributed by atoms with Crippen LogP contribution in [-0.4, -0.2) is 23.1 Å². The van der Waals surface area contributed by atoms with Crippen LogP contribution in [0.25, 0.3) is 5.69 Å². The largest absolute Gasteiger partial charge is 0.219 e. The van der Waals surface area contributed by atoms with E-state index in [1.165, 1.54) is 0 Å². The first kappa shape index (κ1) is 11.6. The molecule has 1 aromatic carbocycles. The zero-order valence-electron chi connectivity index (χ0n) is 10.3. The standard InChI is InChI=1S/C13H15N3Si/c1-17(2,3)10-9-12-11-16(15-14-12)13-7-5-4-6-8-13/h4-8,11H,1-3H3. The molecule has 0 aliphatic carbocycles. The van der Waals surface area contributed by atoms with Gasteiger partial charge < -0.3 is 0 Å². The third kappa shape index (κ3) is 3.30. The fraction of sp³-hybridized carbons (Fsp3) is 0.231. The maximum atomic E-state index is 4.07. The summed E-state index contributed by atoms with van der Waals surface area (Å²) < 4.78 is 1.74. The van der Waals surface area contributed by atoms with Crippen LogP contribution in [0.3, 0.4) is 0 Å². The fourth-order valence-corrected chi connectivity index (χ4v) is 1.78. The summed E-state index contributed by atoms with van der Waals surface area (Å²) in [4.78, 5) is 0. The Bertz CT molecular complexity index is 556. The van der Waals surface area contributed by atoms with Crippen molar-refractivity contribution < 1.29 is 0 Å². The molecule has 0 radical (unpaired) electrons. The van der Waals surface area contributed by atoms with Gasteiger partial charge in [0.05, 0.1) is 11.9 Å². The molecule has 0 unspecified atom stereocenters. The van der Waals surface area contributed by atoms with Crippen molar-refractivity contribution in [2.75, 3.05) is 0 Å². The monoisotopic (exact) mass is 241 g/mol. The van der Waals surface area contributed by atoms with Crippen molar-refractivity contribution in [1.29, 1.82) is 0 Å². The van der Waals surface area contributed by atoms with Crippen LogP contribution in [0.2, 0.25) is 19.6 Å². The van der Waals surface area contributed by atoms with Crippen LogP contribution in [0, 0.1) is 11.5 Å². The maximum Gasteiger partial charge on any atom is 0.155 e. The second-order valence-corrected chi connectivity index (χ2v) is 9.63. The van der Waals surface area contributed by atoms with Gasteiger partial charge in [-0.25, -0.2) is 4.68 Å². The Morgan fingerprint density at radius 1 is 1.12 bits per heavy atom. The van der Waals surface area contributed by atoms with Crippen molar-refractivity contribution in [3.63, 3.8) is 0 Å². The number of nitrogens with zero attached hydrogens (tertiary/aromatic N) is 3. The molecule has 0 saturated carbocycles. The number of benzene rings is 1. The van der Waals surface area contributed by atoms with E-state index in [0.717, 1.165) is 11.4 Å². The molecule has 86 valence electrons. The molecule has 0 N–H and O–H groups in total. The normalized spacial score (nSPS) is 10.8. The van der Waals surface area contributed by atoms with E-state index in [9.17, 15) is 0 Å². The van der Waals surface area contributed by atoms with Gasteiger partial charge in [0.15, 0.2) is 5.69 Å². The summed E-state index contributed by atoms with van der Waals surface area (Å²) in [5.74, 6) is 3.09. The zero-order valence-corrected chi connectivity index (χ0v) is 11.3. The second kappa shape index (κ2) is 4.56. The van der Waals surface area contributed by atoms with E-state index in [4.69, 9.17) is 0 Å². The van der Waals surface area contributed by atoms with Gasteiger partial charge in [-0.15, -0.1) is 10.6 Å². The molecule has 0 fully saturated rings. The summed E-state index contributed by atoms with van der Waals surface area (Å²) in [5.41, 5.74) is 5.01. The van der Waals surface area contributed by atoms with Crippen LogP contribution < -0.4 is 0 Å². The summed E-state index contributed by atoms with van der Waals surface area (Å²) in [6.45, 7) is 6.63. The molecular weight excluding hydrogens is 226 g/mol. The molecule has 1 heterocycles. The van der Waals surface area contributed by atoms with E-state index in [1.807, 2.05) is 36.5 Å². The van der Waals surface area contributed by atoms with Gasteiger partial charge in [0.2, 0.25) is 0 Å². The molecule has 1 aromatic heterocycles. The number of para-hydroxylation sites is 1. The Kier molecular flexibility index (Phi) is 3.11. The molecule has 0 atom stereocenters. The van der Waals surface area contributed by atoms with E-state index < -0.39 is 8.07 Å². The van der Waals surface area contributed by atoms with Crippen LogP contribution >= 0.6 is 0 Å². The average Bonchev–Trinajstić information content (AvgIpc) is 2.75. The lowest BCUT2D eigenvalue weighted by atomic mass is 10.3. The summed E-state index contributed by atoms with van der Waals surface area (Å²) in [5, 5.41) is 8.12. The molecule has 0 amide bonds. The maximum absolute atomic E-state index is 4.07. The smallest absolute Gasteiger partial charge is 0.155 e. The highest BCUT2D eigenvalue weighted by Crippen LogP contribution is 2.05. The first-order chi connectivity index (χ1) is 8.04. The van der Waals surface area contributed by atoms with Gasteiger partial charge >= 0.3 is 0 Å². The van der Waals surface area contributed by atoms with Gasteiger partial charge in [0, 0.05) is 0 Å². The van der Waals surface area contributed by atoms with Crippen LogP contribution in [0.4, 0.5) is 0 Å². The second-order valence-electron chi connectivity index (χ2n) is 4.88. The molecule has 2 aromatic rings. The molecule has 3 nitrogen and oxygen atoms in total. The molecule has 17 heavy (non-hydrogen) atoms. The van der Waals surface area contributed by atoms with Crippen molar-refractivity contribution in [3.05, 3.63) is 42.2 Å². The molecule has 0 saturated heterocycles. The highest BCUT2D eigenvalue weighted by atomic mass is 28.3. The van der Waals surface area contributed by atoms with E-state index >= 15 is 0 Å². The summed E-state index contributed by atoms with van der Waals surface area (Å²) in [6, 6.07) is 9.91. The molecule has 0 spiro atoms. The summed E-state index contributed by atoms with van der Waals surface area (Å²) in [6.07, 6.45) is 1.86. The highest BCUT2D eigenvalue weighted by Gasteiger charge is 2.08. The number of rotatable bonds is 1. The lowest BCUT2D eigenvalue weighted by Crippen LogP contribution is -2.16. The third-order valence-corrected chi connectivity index (χ3v) is 2.95. The van der Waals surface area contributed by atoms with Crippen molar-refractivity contribution in [2.24, 2.45) is 0 Å². The molecule has 4 heteroatoms. The Morgan fingerprint density at radius 3 is 2.47 bits per heavy atom. The van der Waals surface area contributed by atoms with Crippen LogP contribution in [0.5, 0.6) is 0 Å². The van der Waals surface area contributed by atoms with Gasteiger partial charge in [-0.3, -0.25) is 0 Å². The Hall–Kier alpha value is -1.86. The van der Waals surface area contributed by atoms with Crippen molar-refractivity contribution in [1.82, 2.24) is 15.0 Å². The quantitative estimate of drug-likeness (QED) is 0.567. The first-order valence-corrected chi connectivity index (χ1v) is 9.05. The van der Waals surface area contributed by atoms with Gasteiger partial charge in [-0.05, 0) is 12.1 Å². The topological polar surface area (TPSA) is 30.7 Å². The minimum absolute atomic E-state index is 0.733. The summed E-state index contributed by atoms with van der Waals surface area (Å²) >= 11 is 0. The molecular formula is C13H15N3Si. The van der Waals surface area contributed by atoms with Gasteiger partial charge in [-0.1, -0.05) is 49.0 Å². The number of aromatic nitrogens is 3. The lowest BCUT2D eigenvalue weighted by Gasteiger charge is -2.02. The Balaban J connectivity index is 2.25. The predicted octanol–water partition coefficient (Wildman–Crippen LogP) is 2.50. The van der Waals surface area contributed by atoms with Gasteiger partial charge in [-0.2, -0.15) is 0 Å². The average molecular weight is 241 g/mol. The van der Waals surface area contributed by atoms with Gasteiger partial charge in [0.1, 0.15) is 8.07 Å². The van der Waals surface area contributed by atoms with Crippen LogP contribution in [0.1, 0.15) is 5.69 Å². The molecule has 2 rings (SSSR count). The molecule has 0 bridgehead atoms. The minimum atomic E-state index is -1.35. The van der Waals surface area contributed by atoms with Crippen LogP contribution in [0.15, 0.2) is 36.5 Å². The van der Waals surface area contributed by atoms with Crippen molar-refractivity contribution in [2.45, 2.75) is 19.6 Å². The minimum Gasteiger partial charge on any atom is -0.219 e. The Labute approximate surface area is 102 Å². The van der Waals surface area contributed by atoms with E-state index in [0.29, 0.717) is 0 Å². The van der Waals surface area contributed by atoms with E-state index in [-0.39, 0.29) is 0 Å². The predicted molar refractivity (Wildman–Crippen MR) is 71.6 cm³/mol. The number of hydrogen-bond donors (Lipinski definition) is 0. The van der Waals surface area contributed by atoms with E-state index in [2.05, 4.69) is 41.4 Å². The SMILES string of the molecule is C[Si](C)(C)C#Cc1cn(-c2ccccc2)nn1. The lowest BCUT2D eigenvalue weighted by molar-refractivity contribution is 0.802.